The molecule has 0 saturated carbocycles. The van der Waals surface area contributed by atoms with Crippen molar-refractivity contribution in [2.75, 3.05) is 0 Å². The van der Waals surface area contributed by atoms with Gasteiger partial charge in [0.05, 0.1) is 12.1 Å². The first-order valence-corrected chi connectivity index (χ1v) is 7.56. The summed E-state index contributed by atoms with van der Waals surface area (Å²) in [6.07, 6.45) is 1.01. The van der Waals surface area contributed by atoms with Crippen LogP contribution in [0.1, 0.15) is 16.2 Å². The maximum absolute atomic E-state index is 14.0. The molecule has 0 radical (unpaired) electrons. The Labute approximate surface area is 126 Å². The van der Waals surface area contributed by atoms with Crippen LogP contribution >= 0.6 is 15.9 Å². The summed E-state index contributed by atoms with van der Waals surface area (Å²) in [7, 11) is -4.29. The van der Waals surface area contributed by atoms with Crippen molar-refractivity contribution in [3.63, 3.8) is 0 Å². The minimum Gasteiger partial charge on any atom is -0.478 e. The topological polar surface area (TPSA) is 122 Å². The quantitative estimate of drug-likeness (QED) is 0.798. The van der Waals surface area contributed by atoms with E-state index in [1.165, 1.54) is 0 Å². The highest BCUT2D eigenvalue weighted by Gasteiger charge is 2.25. The third-order valence-corrected chi connectivity index (χ3v) is 4.21. The Bertz CT molecular complexity index is 778. The Balaban J connectivity index is 2.37. The fourth-order valence-corrected chi connectivity index (χ4v) is 3.14. The van der Waals surface area contributed by atoms with Gasteiger partial charge in [-0.2, -0.15) is 4.98 Å². The molecule has 0 unspecified atom stereocenters. The molecule has 112 valence electrons. The van der Waals surface area contributed by atoms with Gasteiger partial charge in [0.1, 0.15) is 4.90 Å². The lowest BCUT2D eigenvalue weighted by atomic mass is 10.2. The number of rotatable bonds is 5. The molecule has 1 aromatic heterocycles. The van der Waals surface area contributed by atoms with Crippen LogP contribution in [0.25, 0.3) is 0 Å². The number of nitrogens with one attached hydrogen (secondary N) is 1. The molecule has 0 bridgehead atoms. The van der Waals surface area contributed by atoms with Crippen LogP contribution in [-0.2, 0) is 16.6 Å². The predicted molar refractivity (Wildman–Crippen MR) is 69.4 cm³/mol. The number of aromatic carboxylic acids is 1. The lowest BCUT2D eigenvalue weighted by molar-refractivity contribution is 0.0691. The Morgan fingerprint density at radius 2 is 2.19 bits per heavy atom. The second-order valence-corrected chi connectivity index (χ2v) is 6.39. The molecule has 1 heterocycles. The summed E-state index contributed by atoms with van der Waals surface area (Å²) < 4.78 is 44.6. The van der Waals surface area contributed by atoms with Gasteiger partial charge < -0.3 is 9.63 Å². The van der Waals surface area contributed by atoms with Crippen LogP contribution in [0.4, 0.5) is 4.39 Å². The van der Waals surface area contributed by atoms with Crippen molar-refractivity contribution in [1.29, 1.82) is 0 Å². The summed E-state index contributed by atoms with van der Waals surface area (Å²) in [4.78, 5) is 13.7. The van der Waals surface area contributed by atoms with Crippen LogP contribution in [0.3, 0.4) is 0 Å². The molecule has 0 aliphatic heterocycles. The van der Waals surface area contributed by atoms with Crippen molar-refractivity contribution in [3.05, 3.63) is 40.2 Å². The molecule has 0 atom stereocenters. The van der Waals surface area contributed by atoms with Gasteiger partial charge in [-0.1, -0.05) is 21.1 Å². The summed E-state index contributed by atoms with van der Waals surface area (Å²) in [6.45, 7) is -0.326. The average Bonchev–Trinajstić information content (AvgIpc) is 2.91. The molecule has 0 amide bonds. The van der Waals surface area contributed by atoms with E-state index in [2.05, 4.69) is 30.6 Å². The van der Waals surface area contributed by atoms with E-state index in [0.717, 1.165) is 18.5 Å². The maximum atomic E-state index is 14.0. The zero-order valence-corrected chi connectivity index (χ0v) is 12.5. The molecule has 0 saturated heterocycles. The van der Waals surface area contributed by atoms with Crippen molar-refractivity contribution in [2.45, 2.75) is 11.4 Å². The Kier molecular flexibility index (Phi) is 4.34. The molecule has 0 aliphatic rings. The number of halogens is 2. The van der Waals surface area contributed by atoms with E-state index in [-0.39, 0.29) is 16.8 Å². The molecule has 0 aliphatic carbocycles. The standard InChI is InChI=1S/C10H7BrFN3O5S/c11-5-1-6(10(16)17)9(12)7(2-5)21(18,19)14-3-8-13-4-20-15-8/h1-2,4,14H,3H2,(H,16,17). The van der Waals surface area contributed by atoms with Gasteiger partial charge in [0.2, 0.25) is 16.4 Å². The number of aromatic nitrogens is 2. The number of carboxylic acids is 1. The zero-order valence-electron chi connectivity index (χ0n) is 10.1. The van der Waals surface area contributed by atoms with Gasteiger partial charge >= 0.3 is 5.97 Å². The second-order valence-electron chi connectivity index (χ2n) is 3.74. The normalized spacial score (nSPS) is 11.5. The molecule has 1 aromatic carbocycles. The fourth-order valence-electron chi connectivity index (χ4n) is 1.42. The fraction of sp³-hybridized carbons (Fsp3) is 0.100. The third-order valence-electron chi connectivity index (χ3n) is 2.35. The predicted octanol–water partition coefficient (Wildman–Crippen LogP) is 1.15. The van der Waals surface area contributed by atoms with Crippen LogP contribution in [0.5, 0.6) is 0 Å². The highest BCUT2D eigenvalue weighted by molar-refractivity contribution is 9.10. The van der Waals surface area contributed by atoms with Gasteiger partial charge in [0.15, 0.2) is 11.6 Å². The molecule has 2 N–H and O–H groups in total. The van der Waals surface area contributed by atoms with E-state index in [1.54, 1.807) is 0 Å². The molecule has 8 nitrogen and oxygen atoms in total. The van der Waals surface area contributed by atoms with Gasteiger partial charge in [-0.3, -0.25) is 0 Å². The van der Waals surface area contributed by atoms with Gasteiger partial charge in [-0.05, 0) is 12.1 Å². The first-order valence-electron chi connectivity index (χ1n) is 5.28. The second kappa shape index (κ2) is 5.87. The number of benzene rings is 1. The van der Waals surface area contributed by atoms with Gasteiger partial charge in [0, 0.05) is 4.47 Å². The van der Waals surface area contributed by atoms with E-state index in [0.29, 0.717) is 0 Å². The zero-order chi connectivity index (χ0) is 15.6. The molecular weight excluding hydrogens is 373 g/mol. The summed E-state index contributed by atoms with van der Waals surface area (Å²) in [6, 6.07) is 1.93. The molecular formula is C10H7BrFN3O5S. The number of hydrogen-bond acceptors (Lipinski definition) is 6. The van der Waals surface area contributed by atoms with Crippen molar-refractivity contribution in [1.82, 2.24) is 14.9 Å². The minimum atomic E-state index is -4.29. The lowest BCUT2D eigenvalue weighted by Gasteiger charge is -2.08. The Morgan fingerprint density at radius 1 is 1.48 bits per heavy atom. The molecule has 2 aromatic rings. The average molecular weight is 380 g/mol. The first-order chi connectivity index (χ1) is 9.81. The van der Waals surface area contributed by atoms with Crippen molar-refractivity contribution < 1.29 is 27.2 Å². The largest absolute Gasteiger partial charge is 0.478 e. The Hall–Kier alpha value is -1.85. The summed E-state index contributed by atoms with van der Waals surface area (Å²) in [5, 5.41) is 12.2. The monoisotopic (exact) mass is 379 g/mol. The van der Waals surface area contributed by atoms with Crippen molar-refractivity contribution in [2.24, 2.45) is 0 Å². The molecule has 0 fully saturated rings. The Morgan fingerprint density at radius 3 is 2.76 bits per heavy atom. The van der Waals surface area contributed by atoms with Gasteiger partial charge in [-0.15, -0.1) is 0 Å². The molecule has 21 heavy (non-hydrogen) atoms. The minimum absolute atomic E-state index is 0.0486. The summed E-state index contributed by atoms with van der Waals surface area (Å²) in [5.41, 5.74) is -0.760. The summed E-state index contributed by atoms with van der Waals surface area (Å²) in [5.74, 6) is -2.89. The number of nitrogens with zero attached hydrogens (tertiary/aromatic N) is 2. The third kappa shape index (κ3) is 3.43. The van der Waals surface area contributed by atoms with E-state index in [1.807, 2.05) is 4.72 Å². The lowest BCUT2D eigenvalue weighted by Crippen LogP contribution is -2.25. The van der Waals surface area contributed by atoms with Crippen molar-refractivity contribution in [3.8, 4) is 0 Å². The van der Waals surface area contributed by atoms with E-state index in [9.17, 15) is 17.6 Å². The van der Waals surface area contributed by atoms with Crippen LogP contribution in [0.2, 0.25) is 0 Å². The van der Waals surface area contributed by atoms with E-state index in [4.69, 9.17) is 5.11 Å². The highest BCUT2D eigenvalue weighted by Crippen LogP contribution is 2.24. The molecule has 11 heteroatoms. The highest BCUT2D eigenvalue weighted by atomic mass is 79.9. The number of carboxylic acid groups (broad SMARTS) is 1. The van der Waals surface area contributed by atoms with E-state index >= 15 is 0 Å². The summed E-state index contributed by atoms with van der Waals surface area (Å²) >= 11 is 2.94. The van der Waals surface area contributed by atoms with Crippen LogP contribution in [0, 0.1) is 5.82 Å². The molecule has 0 spiro atoms. The number of carbonyl (C=O) groups is 1. The van der Waals surface area contributed by atoms with Crippen LogP contribution in [0.15, 0.2) is 32.4 Å². The van der Waals surface area contributed by atoms with Crippen LogP contribution < -0.4 is 4.72 Å². The van der Waals surface area contributed by atoms with E-state index < -0.39 is 32.3 Å². The number of hydrogen-bond donors (Lipinski definition) is 2. The smallest absolute Gasteiger partial charge is 0.338 e. The number of sulfonamides is 1. The van der Waals surface area contributed by atoms with Gasteiger partial charge in [0.25, 0.3) is 0 Å². The van der Waals surface area contributed by atoms with Gasteiger partial charge in [-0.25, -0.2) is 22.3 Å². The SMILES string of the molecule is O=C(O)c1cc(Br)cc(S(=O)(=O)NCc2ncon2)c1F. The first kappa shape index (κ1) is 15.5. The maximum Gasteiger partial charge on any atom is 0.338 e. The molecule has 2 rings (SSSR count). The van der Waals surface area contributed by atoms with Crippen molar-refractivity contribution >= 4 is 31.9 Å². The van der Waals surface area contributed by atoms with Crippen LogP contribution in [-0.4, -0.2) is 29.6 Å².